The van der Waals surface area contributed by atoms with Crippen LogP contribution in [0.3, 0.4) is 0 Å². The number of H-pyrrole nitrogens is 1. The number of nitro groups is 1. The van der Waals surface area contributed by atoms with Crippen molar-refractivity contribution in [3.8, 4) is 11.9 Å². The number of carbonyl (C=O) groups is 2. The van der Waals surface area contributed by atoms with Crippen molar-refractivity contribution in [1.82, 2.24) is 10.2 Å². The summed E-state index contributed by atoms with van der Waals surface area (Å²) in [6.07, 6.45) is 1.62. The smallest absolute Gasteiger partial charge is 0.271 e. The number of nitriles is 1. The zero-order chi connectivity index (χ0) is 27.8. The number of benzene rings is 3. The zero-order valence-corrected chi connectivity index (χ0v) is 21.4. The molecule has 4 unspecified atom stereocenters. The third-order valence-corrected chi connectivity index (χ3v) is 8.76. The second kappa shape index (κ2) is 8.34. The first kappa shape index (κ1) is 24.2. The van der Waals surface area contributed by atoms with Crippen molar-refractivity contribution in [3.63, 3.8) is 0 Å². The van der Waals surface area contributed by atoms with Crippen LogP contribution in [0.15, 0.2) is 54.6 Å². The molecule has 4 atom stereocenters. The zero-order valence-electron chi connectivity index (χ0n) is 21.4. The molecule has 11 heteroatoms. The number of aromatic amines is 1. The molecular formula is C29H23N5O6. The van der Waals surface area contributed by atoms with Crippen molar-refractivity contribution in [3.05, 3.63) is 70.3 Å². The highest BCUT2D eigenvalue weighted by atomic mass is 16.6. The average molecular weight is 538 g/mol. The Kier molecular flexibility index (Phi) is 5.05. The molecule has 0 spiro atoms. The number of amides is 2. The fourth-order valence-electron chi connectivity index (χ4n) is 6.95. The van der Waals surface area contributed by atoms with E-state index < -0.39 is 28.0 Å². The minimum absolute atomic E-state index is 0.0544. The van der Waals surface area contributed by atoms with E-state index in [2.05, 4.69) is 16.3 Å². The van der Waals surface area contributed by atoms with Crippen LogP contribution in [0, 0.1) is 33.3 Å². The number of non-ortho nitro benzene ring substituents is 1. The van der Waals surface area contributed by atoms with E-state index in [4.69, 9.17) is 9.47 Å². The lowest BCUT2D eigenvalue weighted by Crippen LogP contribution is -2.43. The van der Waals surface area contributed by atoms with Gasteiger partial charge in [-0.1, -0.05) is 24.3 Å². The molecule has 7 rings (SSSR count). The molecule has 4 aromatic rings. The van der Waals surface area contributed by atoms with Crippen molar-refractivity contribution in [1.29, 1.82) is 5.26 Å². The number of hydrogen-bond acceptors (Lipinski definition) is 8. The van der Waals surface area contributed by atoms with E-state index in [-0.39, 0.29) is 24.1 Å². The first-order valence-electron chi connectivity index (χ1n) is 13.0. The molecule has 3 aliphatic heterocycles. The van der Waals surface area contributed by atoms with Crippen LogP contribution in [-0.2, 0) is 14.3 Å². The lowest BCUT2D eigenvalue weighted by molar-refractivity contribution is -0.384. The van der Waals surface area contributed by atoms with Gasteiger partial charge in [0.2, 0.25) is 17.7 Å². The molecule has 200 valence electrons. The van der Waals surface area contributed by atoms with Crippen molar-refractivity contribution >= 4 is 44.9 Å². The molecule has 2 bridgehead atoms. The minimum Gasteiger partial charge on any atom is -0.476 e. The summed E-state index contributed by atoms with van der Waals surface area (Å²) in [4.78, 5) is 39.8. The monoisotopic (exact) mass is 537 g/mol. The molecule has 0 radical (unpaired) electrons. The Morgan fingerprint density at radius 1 is 1.12 bits per heavy atom. The van der Waals surface area contributed by atoms with Crippen molar-refractivity contribution < 1.29 is 24.0 Å². The lowest BCUT2D eigenvalue weighted by atomic mass is 9.67. The van der Waals surface area contributed by atoms with Crippen molar-refractivity contribution in [2.45, 2.75) is 37.4 Å². The summed E-state index contributed by atoms with van der Waals surface area (Å²) in [5, 5.41) is 29.5. The standard InChI is InChI=1S/C29H23N5O6/c1-28-10-11-29(40-28,12-13-39-25-20-8-7-17(34(37)38)14-21(20)31-32-25)24-23(28)26(35)33(27(24)36)22-9-6-16(15-30)18-4-2-3-5-19(18)22/h2-9,14,23-24H,10-13H2,1H3,(H,31,32). The number of aromatic nitrogens is 2. The molecule has 11 nitrogen and oxygen atoms in total. The van der Waals surface area contributed by atoms with E-state index in [1.54, 1.807) is 18.2 Å². The highest BCUT2D eigenvalue weighted by Crippen LogP contribution is 2.62. The van der Waals surface area contributed by atoms with Gasteiger partial charge < -0.3 is 9.47 Å². The Morgan fingerprint density at radius 2 is 1.90 bits per heavy atom. The van der Waals surface area contributed by atoms with Gasteiger partial charge in [-0.2, -0.15) is 5.26 Å². The van der Waals surface area contributed by atoms with Crippen LogP contribution < -0.4 is 9.64 Å². The topological polar surface area (TPSA) is 151 Å². The summed E-state index contributed by atoms with van der Waals surface area (Å²) in [7, 11) is 0. The first-order valence-corrected chi connectivity index (χ1v) is 13.0. The first-order chi connectivity index (χ1) is 19.3. The molecule has 1 aromatic heterocycles. The molecule has 3 saturated heterocycles. The number of anilines is 1. The maximum absolute atomic E-state index is 14.0. The van der Waals surface area contributed by atoms with Crippen LogP contribution >= 0.6 is 0 Å². The van der Waals surface area contributed by atoms with Crippen LogP contribution in [-0.4, -0.2) is 44.7 Å². The number of hydrogen-bond donors (Lipinski definition) is 1. The van der Waals surface area contributed by atoms with Gasteiger partial charge in [0.1, 0.15) is 0 Å². The van der Waals surface area contributed by atoms with Gasteiger partial charge in [-0.25, -0.2) is 4.90 Å². The largest absolute Gasteiger partial charge is 0.476 e. The van der Waals surface area contributed by atoms with Crippen LogP contribution in [0.4, 0.5) is 11.4 Å². The number of ether oxygens (including phenoxy) is 2. The Labute approximate surface area is 227 Å². The molecule has 3 aliphatic rings. The van der Waals surface area contributed by atoms with E-state index in [1.807, 2.05) is 31.2 Å². The van der Waals surface area contributed by atoms with Crippen LogP contribution in [0.2, 0.25) is 0 Å². The third-order valence-electron chi connectivity index (χ3n) is 8.76. The number of nitrogens with one attached hydrogen (secondary N) is 1. The molecule has 40 heavy (non-hydrogen) atoms. The van der Waals surface area contributed by atoms with Gasteiger partial charge >= 0.3 is 0 Å². The van der Waals surface area contributed by atoms with Gasteiger partial charge in [0.25, 0.3) is 5.69 Å². The summed E-state index contributed by atoms with van der Waals surface area (Å²) >= 11 is 0. The molecule has 3 aromatic carbocycles. The number of imide groups is 1. The Balaban J connectivity index is 1.18. The number of fused-ring (bicyclic) bond motifs is 7. The highest BCUT2D eigenvalue weighted by Gasteiger charge is 2.73. The summed E-state index contributed by atoms with van der Waals surface area (Å²) in [6.45, 7) is 2.08. The molecule has 0 saturated carbocycles. The Hall–Kier alpha value is -4.82. The summed E-state index contributed by atoms with van der Waals surface area (Å²) in [5.74, 6) is -1.55. The Bertz CT molecular complexity index is 1810. The maximum Gasteiger partial charge on any atom is 0.271 e. The molecular weight excluding hydrogens is 514 g/mol. The second-order valence-electron chi connectivity index (χ2n) is 10.9. The van der Waals surface area contributed by atoms with Crippen LogP contribution in [0.25, 0.3) is 21.7 Å². The molecule has 4 heterocycles. The SMILES string of the molecule is CC12CCC(CCOc3n[nH]c4cc([N+](=O)[O-])ccc34)(O1)C1C(=O)N(c3ccc(C#N)c4ccccc34)C(=O)C12. The normalized spacial score (nSPS) is 26.9. The minimum atomic E-state index is -0.867. The highest BCUT2D eigenvalue weighted by molar-refractivity contribution is 6.26. The fraction of sp³-hybridized carbons (Fsp3) is 0.310. The predicted octanol–water partition coefficient (Wildman–Crippen LogP) is 4.39. The predicted molar refractivity (Wildman–Crippen MR) is 142 cm³/mol. The number of carbonyl (C=O) groups excluding carboxylic acids is 2. The van der Waals surface area contributed by atoms with Crippen LogP contribution in [0.1, 0.15) is 31.7 Å². The van der Waals surface area contributed by atoms with Gasteiger partial charge in [0, 0.05) is 29.3 Å². The van der Waals surface area contributed by atoms with E-state index in [0.717, 1.165) is 0 Å². The summed E-state index contributed by atoms with van der Waals surface area (Å²) in [6, 6.07) is 17.1. The van der Waals surface area contributed by atoms with Gasteiger partial charge in [-0.15, -0.1) is 5.10 Å². The third kappa shape index (κ3) is 3.23. The summed E-state index contributed by atoms with van der Waals surface area (Å²) < 4.78 is 12.5. The second-order valence-corrected chi connectivity index (χ2v) is 10.9. The van der Waals surface area contributed by atoms with Crippen molar-refractivity contribution in [2.75, 3.05) is 11.5 Å². The van der Waals surface area contributed by atoms with Gasteiger partial charge in [0.05, 0.1) is 62.8 Å². The fourth-order valence-corrected chi connectivity index (χ4v) is 6.95. The molecule has 3 fully saturated rings. The Morgan fingerprint density at radius 3 is 2.67 bits per heavy atom. The molecule has 0 aliphatic carbocycles. The van der Waals surface area contributed by atoms with Gasteiger partial charge in [-0.3, -0.25) is 24.8 Å². The average Bonchev–Trinajstić information content (AvgIpc) is 3.66. The lowest BCUT2D eigenvalue weighted by Gasteiger charge is -2.31. The molecule has 1 N–H and O–H groups in total. The number of nitrogens with zero attached hydrogens (tertiary/aromatic N) is 4. The van der Waals surface area contributed by atoms with Gasteiger partial charge in [0.15, 0.2) is 0 Å². The van der Waals surface area contributed by atoms with E-state index >= 15 is 0 Å². The van der Waals surface area contributed by atoms with E-state index in [9.17, 15) is 25.0 Å². The van der Waals surface area contributed by atoms with E-state index in [0.29, 0.717) is 58.1 Å². The molecule has 2 amide bonds. The van der Waals surface area contributed by atoms with Crippen LogP contribution in [0.5, 0.6) is 5.88 Å². The van der Waals surface area contributed by atoms with E-state index in [1.165, 1.54) is 17.0 Å². The quantitative estimate of drug-likeness (QED) is 0.216. The maximum atomic E-state index is 14.0. The van der Waals surface area contributed by atoms with Crippen molar-refractivity contribution in [2.24, 2.45) is 11.8 Å². The number of nitro benzene ring substituents is 1. The summed E-state index contributed by atoms with van der Waals surface area (Å²) in [5.41, 5.74) is -0.259. The number of rotatable bonds is 6. The van der Waals surface area contributed by atoms with Gasteiger partial charge in [-0.05, 0) is 38.0 Å².